The van der Waals surface area contributed by atoms with Gasteiger partial charge in [-0.25, -0.2) is 0 Å². The quantitative estimate of drug-likeness (QED) is 0.703. The summed E-state index contributed by atoms with van der Waals surface area (Å²) >= 11 is 0. The lowest BCUT2D eigenvalue weighted by molar-refractivity contribution is -0.113. The van der Waals surface area contributed by atoms with E-state index in [0.29, 0.717) is 29.2 Å². The Labute approximate surface area is 168 Å². The minimum Gasteiger partial charge on any atom is -0.489 e. The predicted octanol–water partition coefficient (Wildman–Crippen LogP) is 4.55. The van der Waals surface area contributed by atoms with E-state index in [0.717, 1.165) is 16.9 Å². The van der Waals surface area contributed by atoms with Crippen LogP contribution in [0.5, 0.6) is 11.5 Å². The molecule has 0 bridgehead atoms. The third-order valence-electron chi connectivity index (χ3n) is 4.48. The van der Waals surface area contributed by atoms with Gasteiger partial charge in [-0.2, -0.15) is 5.26 Å². The van der Waals surface area contributed by atoms with Gasteiger partial charge in [0, 0.05) is 17.3 Å². The topological polar surface area (TPSA) is 71.3 Å². The summed E-state index contributed by atoms with van der Waals surface area (Å²) in [4.78, 5) is 12.6. The molecule has 1 N–H and O–H groups in total. The summed E-state index contributed by atoms with van der Waals surface area (Å²) in [7, 11) is 0. The number of hydrogen-bond acceptors (Lipinski definition) is 4. The first-order valence-electron chi connectivity index (χ1n) is 9.17. The number of hydrogen-bond donors (Lipinski definition) is 1. The highest BCUT2D eigenvalue weighted by molar-refractivity contribution is 6.07. The van der Waals surface area contributed by atoms with Crippen LogP contribution in [0.4, 0.5) is 5.69 Å². The van der Waals surface area contributed by atoms with Crippen LogP contribution >= 0.6 is 0 Å². The van der Waals surface area contributed by atoms with Gasteiger partial charge in [0.05, 0.1) is 17.2 Å². The molecule has 1 amide bonds. The van der Waals surface area contributed by atoms with Gasteiger partial charge in [-0.15, -0.1) is 0 Å². The van der Waals surface area contributed by atoms with Crippen LogP contribution in [0.25, 0.3) is 6.08 Å². The van der Waals surface area contributed by atoms with Crippen molar-refractivity contribution in [1.82, 2.24) is 0 Å². The standard InChI is InChI=1S/C24H18N2O3/c25-14-17-5-3-6-18(11-17)15-28-22-9-4-8-21(13-22)26-24(27)20-12-19-7-1-2-10-23(19)29-16-20/h1-13H,15-16H2,(H,26,27). The number of rotatable bonds is 5. The monoisotopic (exact) mass is 382 g/mol. The van der Waals surface area contributed by atoms with E-state index in [1.165, 1.54) is 0 Å². The fourth-order valence-corrected chi connectivity index (χ4v) is 3.02. The van der Waals surface area contributed by atoms with Crippen molar-refractivity contribution in [2.75, 3.05) is 11.9 Å². The summed E-state index contributed by atoms with van der Waals surface area (Å²) in [5, 5.41) is 11.9. The summed E-state index contributed by atoms with van der Waals surface area (Å²) in [5.74, 6) is 1.20. The van der Waals surface area contributed by atoms with Gasteiger partial charge in [-0.05, 0) is 42.0 Å². The highest BCUT2D eigenvalue weighted by Gasteiger charge is 2.17. The lowest BCUT2D eigenvalue weighted by Crippen LogP contribution is -2.21. The molecule has 0 radical (unpaired) electrons. The Balaban J connectivity index is 1.42. The highest BCUT2D eigenvalue weighted by atomic mass is 16.5. The van der Waals surface area contributed by atoms with Crippen molar-refractivity contribution in [3.8, 4) is 17.6 Å². The Morgan fingerprint density at radius 2 is 1.93 bits per heavy atom. The molecule has 0 fully saturated rings. The van der Waals surface area contributed by atoms with Gasteiger partial charge in [0.2, 0.25) is 0 Å². The average molecular weight is 382 g/mol. The lowest BCUT2D eigenvalue weighted by Gasteiger charge is -2.17. The lowest BCUT2D eigenvalue weighted by atomic mass is 10.1. The van der Waals surface area contributed by atoms with E-state index in [1.807, 2.05) is 54.6 Å². The minimum absolute atomic E-state index is 0.210. The number of amides is 1. The van der Waals surface area contributed by atoms with Gasteiger partial charge < -0.3 is 14.8 Å². The predicted molar refractivity (Wildman–Crippen MR) is 110 cm³/mol. The molecule has 0 aliphatic carbocycles. The van der Waals surface area contributed by atoms with Crippen LogP contribution in [0.2, 0.25) is 0 Å². The van der Waals surface area contributed by atoms with E-state index >= 15 is 0 Å². The second kappa shape index (κ2) is 8.32. The maximum absolute atomic E-state index is 12.6. The largest absolute Gasteiger partial charge is 0.489 e. The van der Waals surface area contributed by atoms with E-state index in [2.05, 4.69) is 11.4 Å². The van der Waals surface area contributed by atoms with E-state index in [1.54, 1.807) is 24.3 Å². The molecule has 0 spiro atoms. The number of anilines is 1. The fraction of sp³-hybridized carbons (Fsp3) is 0.0833. The Kier molecular flexibility index (Phi) is 5.26. The van der Waals surface area contributed by atoms with E-state index in [9.17, 15) is 4.79 Å². The van der Waals surface area contributed by atoms with E-state index < -0.39 is 0 Å². The molecule has 0 saturated heterocycles. The summed E-state index contributed by atoms with van der Waals surface area (Å²) < 4.78 is 11.5. The number of ether oxygens (including phenoxy) is 2. The van der Waals surface area contributed by atoms with Crippen molar-refractivity contribution >= 4 is 17.7 Å². The number of para-hydroxylation sites is 1. The highest BCUT2D eigenvalue weighted by Crippen LogP contribution is 2.26. The first-order chi connectivity index (χ1) is 14.2. The molecule has 1 aliphatic rings. The molecule has 4 rings (SSSR count). The number of benzene rings is 3. The van der Waals surface area contributed by atoms with Crippen LogP contribution in [0.15, 0.2) is 78.4 Å². The maximum Gasteiger partial charge on any atom is 0.255 e. The molecule has 0 unspecified atom stereocenters. The molecule has 29 heavy (non-hydrogen) atoms. The Morgan fingerprint density at radius 1 is 1.07 bits per heavy atom. The minimum atomic E-state index is -0.210. The van der Waals surface area contributed by atoms with Gasteiger partial charge in [0.25, 0.3) is 5.91 Å². The summed E-state index contributed by atoms with van der Waals surface area (Å²) in [6, 6.07) is 24.2. The molecule has 5 heteroatoms. The van der Waals surface area contributed by atoms with Crippen LogP contribution in [0.1, 0.15) is 16.7 Å². The number of carbonyl (C=O) groups is 1. The summed E-state index contributed by atoms with van der Waals surface area (Å²) in [6.07, 6.45) is 1.84. The van der Waals surface area contributed by atoms with Crippen LogP contribution in [0.3, 0.4) is 0 Å². The molecular weight excluding hydrogens is 364 g/mol. The molecular formula is C24H18N2O3. The molecule has 0 saturated carbocycles. The second-order valence-electron chi connectivity index (χ2n) is 6.58. The zero-order valence-electron chi connectivity index (χ0n) is 15.6. The van der Waals surface area contributed by atoms with Gasteiger partial charge in [-0.3, -0.25) is 4.79 Å². The number of fused-ring (bicyclic) bond motifs is 1. The molecule has 1 heterocycles. The molecule has 3 aromatic carbocycles. The zero-order chi connectivity index (χ0) is 20.1. The molecule has 142 valence electrons. The third-order valence-corrected chi connectivity index (χ3v) is 4.48. The number of carbonyl (C=O) groups excluding carboxylic acids is 1. The van der Waals surface area contributed by atoms with E-state index in [4.69, 9.17) is 14.7 Å². The van der Waals surface area contributed by atoms with Crippen LogP contribution < -0.4 is 14.8 Å². The van der Waals surface area contributed by atoms with Crippen molar-refractivity contribution < 1.29 is 14.3 Å². The normalized spacial score (nSPS) is 12.0. The average Bonchev–Trinajstić information content (AvgIpc) is 2.77. The van der Waals surface area contributed by atoms with Crippen molar-refractivity contribution in [1.29, 1.82) is 5.26 Å². The van der Waals surface area contributed by atoms with Gasteiger partial charge >= 0.3 is 0 Å². The fourth-order valence-electron chi connectivity index (χ4n) is 3.02. The Bertz CT molecular complexity index is 1130. The number of nitrogens with zero attached hydrogens (tertiary/aromatic N) is 1. The molecule has 1 aliphatic heterocycles. The third kappa shape index (κ3) is 4.45. The maximum atomic E-state index is 12.6. The van der Waals surface area contributed by atoms with Gasteiger partial charge in [0.1, 0.15) is 24.7 Å². The Morgan fingerprint density at radius 3 is 2.83 bits per heavy atom. The van der Waals surface area contributed by atoms with Gasteiger partial charge in [0.15, 0.2) is 0 Å². The zero-order valence-corrected chi connectivity index (χ0v) is 15.6. The molecule has 5 nitrogen and oxygen atoms in total. The van der Waals surface area contributed by atoms with Crippen LogP contribution in [-0.2, 0) is 11.4 Å². The molecule has 3 aromatic rings. The first kappa shape index (κ1) is 18.3. The number of nitriles is 1. The van der Waals surface area contributed by atoms with Crippen molar-refractivity contribution in [2.45, 2.75) is 6.61 Å². The Hall–Kier alpha value is -4.04. The first-order valence-corrected chi connectivity index (χ1v) is 9.17. The van der Waals surface area contributed by atoms with Crippen molar-refractivity contribution in [3.63, 3.8) is 0 Å². The van der Waals surface area contributed by atoms with Crippen LogP contribution in [-0.4, -0.2) is 12.5 Å². The van der Waals surface area contributed by atoms with Crippen molar-refractivity contribution in [3.05, 3.63) is 95.1 Å². The summed E-state index contributed by atoms with van der Waals surface area (Å²) in [6.45, 7) is 0.566. The SMILES string of the molecule is N#Cc1cccc(COc2cccc(NC(=O)C3=Cc4ccccc4OC3)c2)c1. The van der Waals surface area contributed by atoms with Crippen molar-refractivity contribution in [2.24, 2.45) is 0 Å². The van der Waals surface area contributed by atoms with E-state index in [-0.39, 0.29) is 12.5 Å². The summed E-state index contributed by atoms with van der Waals surface area (Å²) in [5.41, 5.74) is 3.58. The number of nitrogens with one attached hydrogen (secondary N) is 1. The molecule has 0 atom stereocenters. The second-order valence-corrected chi connectivity index (χ2v) is 6.58. The van der Waals surface area contributed by atoms with Crippen LogP contribution in [0, 0.1) is 11.3 Å². The van der Waals surface area contributed by atoms with Gasteiger partial charge in [-0.1, -0.05) is 36.4 Å². The molecule has 0 aromatic heterocycles. The smallest absolute Gasteiger partial charge is 0.255 e.